The molecule has 2 aromatic carbocycles. The quantitative estimate of drug-likeness (QED) is 0.468. The molecule has 8 heteroatoms. The number of rotatable bonds is 5. The van der Waals surface area contributed by atoms with E-state index < -0.39 is 0 Å². The molecule has 0 aliphatic carbocycles. The third-order valence-electron chi connectivity index (χ3n) is 8.62. The van der Waals surface area contributed by atoms with Crippen molar-refractivity contribution in [1.82, 2.24) is 14.4 Å². The van der Waals surface area contributed by atoms with E-state index in [1.807, 2.05) is 29.2 Å². The molecule has 0 bridgehead atoms. The lowest BCUT2D eigenvalue weighted by atomic mass is 9.92. The van der Waals surface area contributed by atoms with Gasteiger partial charge in [-0.25, -0.2) is 0 Å². The number of ether oxygens (including phenoxy) is 3. The van der Waals surface area contributed by atoms with Crippen LogP contribution in [0.1, 0.15) is 50.4 Å². The maximum Gasteiger partial charge on any atom is 0.255 e. The Kier molecular flexibility index (Phi) is 6.37. The molecule has 0 saturated carbocycles. The third kappa shape index (κ3) is 4.41. The molecule has 1 unspecified atom stereocenters. The van der Waals surface area contributed by atoms with Crippen molar-refractivity contribution in [2.75, 3.05) is 39.6 Å². The summed E-state index contributed by atoms with van der Waals surface area (Å²) in [6, 6.07) is 14.2. The highest BCUT2D eigenvalue weighted by Crippen LogP contribution is 2.42. The molecule has 0 radical (unpaired) electrons. The van der Waals surface area contributed by atoms with Crippen molar-refractivity contribution < 1.29 is 23.8 Å². The maximum atomic E-state index is 14.6. The lowest BCUT2D eigenvalue weighted by molar-refractivity contribution is 0.0193. The van der Waals surface area contributed by atoms with Crippen LogP contribution in [0.3, 0.4) is 0 Å². The number of aromatic nitrogens is 1. The fourth-order valence-corrected chi connectivity index (χ4v) is 6.59. The minimum atomic E-state index is -0.0184. The van der Waals surface area contributed by atoms with Gasteiger partial charge >= 0.3 is 0 Å². The van der Waals surface area contributed by atoms with Crippen LogP contribution in [0, 0.1) is 0 Å². The number of aldehydes is 1. The molecule has 1 fully saturated rings. The van der Waals surface area contributed by atoms with Gasteiger partial charge in [0.05, 0.1) is 18.8 Å². The number of amides is 1. The SMILES string of the molecule is O=Cc1cc(-c2cc3c(cc2C(=O)N2Cc4ccccc4CC2CN2CCOCC2)OCO3)n2c1CCCC2. The Bertz CT molecular complexity index is 1420. The molecule has 4 aliphatic rings. The molecule has 39 heavy (non-hydrogen) atoms. The second-order valence-corrected chi connectivity index (χ2v) is 10.9. The van der Waals surface area contributed by atoms with Crippen LogP contribution in [0.4, 0.5) is 0 Å². The highest BCUT2D eigenvalue weighted by atomic mass is 16.7. The van der Waals surface area contributed by atoms with Crippen LogP contribution in [0.5, 0.6) is 11.5 Å². The first-order chi connectivity index (χ1) is 19.2. The van der Waals surface area contributed by atoms with E-state index in [-0.39, 0.29) is 18.7 Å². The topological polar surface area (TPSA) is 73.2 Å². The summed E-state index contributed by atoms with van der Waals surface area (Å²) in [5.41, 5.74) is 6.54. The molecule has 7 rings (SSSR count). The monoisotopic (exact) mass is 527 g/mol. The van der Waals surface area contributed by atoms with E-state index in [4.69, 9.17) is 14.2 Å². The first kappa shape index (κ1) is 24.4. The predicted octanol–water partition coefficient (Wildman–Crippen LogP) is 3.93. The summed E-state index contributed by atoms with van der Waals surface area (Å²) in [4.78, 5) is 31.0. The van der Waals surface area contributed by atoms with E-state index in [1.54, 1.807) is 0 Å². The van der Waals surface area contributed by atoms with E-state index in [9.17, 15) is 9.59 Å². The van der Waals surface area contributed by atoms with Gasteiger partial charge in [-0.1, -0.05) is 24.3 Å². The standard InChI is InChI=1S/C31H33N3O5/c35-19-23-14-28(33-8-4-3-7-27(23)33)25-15-29-30(39-20-38-29)16-26(25)31(36)34-17-22-6-2-1-5-21(22)13-24(34)18-32-9-11-37-12-10-32/h1-2,5-6,14-16,19,24H,3-4,7-13,17-18,20H2. The van der Waals surface area contributed by atoms with E-state index in [1.165, 1.54) is 11.1 Å². The lowest BCUT2D eigenvalue weighted by Crippen LogP contribution is -2.52. The minimum absolute atomic E-state index is 0.0184. The van der Waals surface area contributed by atoms with Gasteiger partial charge < -0.3 is 23.7 Å². The van der Waals surface area contributed by atoms with E-state index in [2.05, 4.69) is 27.7 Å². The van der Waals surface area contributed by atoms with Crippen molar-refractivity contribution >= 4 is 12.2 Å². The van der Waals surface area contributed by atoms with Crippen LogP contribution in [0.15, 0.2) is 42.5 Å². The number of carbonyl (C=O) groups is 2. The van der Waals surface area contributed by atoms with Crippen molar-refractivity contribution in [2.45, 2.75) is 44.8 Å². The molecule has 202 valence electrons. The Morgan fingerprint density at radius 3 is 2.59 bits per heavy atom. The van der Waals surface area contributed by atoms with Crippen molar-refractivity contribution in [3.8, 4) is 22.8 Å². The zero-order chi connectivity index (χ0) is 26.3. The van der Waals surface area contributed by atoms with E-state index in [0.29, 0.717) is 29.2 Å². The van der Waals surface area contributed by atoms with Crippen LogP contribution < -0.4 is 9.47 Å². The molecule has 3 aromatic rings. The molecule has 0 spiro atoms. The molecule has 1 amide bonds. The van der Waals surface area contributed by atoms with Gasteiger partial charge in [-0.2, -0.15) is 0 Å². The van der Waals surface area contributed by atoms with E-state index >= 15 is 0 Å². The second-order valence-electron chi connectivity index (χ2n) is 10.9. The number of benzene rings is 2. The van der Waals surface area contributed by atoms with Gasteiger partial charge in [0.2, 0.25) is 6.79 Å². The Labute approximate surface area is 228 Å². The number of nitrogens with zero attached hydrogens (tertiary/aromatic N) is 3. The third-order valence-corrected chi connectivity index (χ3v) is 8.62. The van der Waals surface area contributed by atoms with Gasteiger partial charge in [-0.05, 0) is 55.0 Å². The normalized spacial score (nSPS) is 20.4. The number of morpholine rings is 1. The van der Waals surface area contributed by atoms with Crippen LogP contribution in [0.2, 0.25) is 0 Å². The smallest absolute Gasteiger partial charge is 0.255 e. The summed E-state index contributed by atoms with van der Waals surface area (Å²) in [5.74, 6) is 1.20. The Balaban J connectivity index is 1.31. The largest absolute Gasteiger partial charge is 0.454 e. The van der Waals surface area contributed by atoms with Crippen molar-refractivity contribution in [2.24, 2.45) is 0 Å². The molecule has 1 atom stereocenters. The van der Waals surface area contributed by atoms with Crippen molar-refractivity contribution in [3.63, 3.8) is 0 Å². The number of carbonyl (C=O) groups excluding carboxylic acids is 2. The Hall–Kier alpha value is -3.62. The molecule has 4 aliphatic heterocycles. The summed E-state index contributed by atoms with van der Waals surface area (Å²) < 4.78 is 19.3. The lowest BCUT2D eigenvalue weighted by Gasteiger charge is -2.40. The summed E-state index contributed by atoms with van der Waals surface area (Å²) in [5, 5.41) is 0. The summed E-state index contributed by atoms with van der Waals surface area (Å²) in [6.07, 6.45) is 4.73. The zero-order valence-electron chi connectivity index (χ0n) is 22.1. The number of fused-ring (bicyclic) bond motifs is 3. The van der Waals surface area contributed by atoms with Crippen LogP contribution in [-0.2, 0) is 30.7 Å². The molecular formula is C31H33N3O5. The first-order valence-corrected chi connectivity index (χ1v) is 14.0. The summed E-state index contributed by atoms with van der Waals surface area (Å²) >= 11 is 0. The minimum Gasteiger partial charge on any atom is -0.454 e. The van der Waals surface area contributed by atoms with Crippen LogP contribution >= 0.6 is 0 Å². The molecule has 5 heterocycles. The Morgan fingerprint density at radius 1 is 0.974 bits per heavy atom. The fourth-order valence-electron chi connectivity index (χ4n) is 6.59. The summed E-state index contributed by atoms with van der Waals surface area (Å²) in [6.45, 7) is 5.53. The van der Waals surface area contributed by atoms with Crippen molar-refractivity contribution in [1.29, 1.82) is 0 Å². The predicted molar refractivity (Wildman–Crippen MR) is 145 cm³/mol. The average Bonchev–Trinajstić information content (AvgIpc) is 3.60. The van der Waals surface area contributed by atoms with Gasteiger partial charge in [-0.15, -0.1) is 0 Å². The van der Waals surface area contributed by atoms with Gasteiger partial charge in [0, 0.05) is 61.3 Å². The van der Waals surface area contributed by atoms with Crippen LogP contribution in [-0.4, -0.2) is 72.2 Å². The average molecular weight is 528 g/mol. The van der Waals surface area contributed by atoms with Gasteiger partial charge in [0.25, 0.3) is 5.91 Å². The van der Waals surface area contributed by atoms with Gasteiger partial charge in [0.1, 0.15) is 0 Å². The molecule has 1 aromatic heterocycles. The van der Waals surface area contributed by atoms with Crippen molar-refractivity contribution in [3.05, 3.63) is 70.4 Å². The highest BCUT2D eigenvalue weighted by Gasteiger charge is 2.35. The summed E-state index contributed by atoms with van der Waals surface area (Å²) in [7, 11) is 0. The maximum absolute atomic E-state index is 14.6. The first-order valence-electron chi connectivity index (χ1n) is 14.0. The van der Waals surface area contributed by atoms with Crippen LogP contribution in [0.25, 0.3) is 11.3 Å². The zero-order valence-corrected chi connectivity index (χ0v) is 22.1. The molecule has 1 saturated heterocycles. The molecule has 0 N–H and O–H groups in total. The number of hydrogen-bond donors (Lipinski definition) is 0. The van der Waals surface area contributed by atoms with Gasteiger partial charge in [-0.3, -0.25) is 14.5 Å². The fraction of sp³-hybridized carbons (Fsp3) is 0.419. The van der Waals surface area contributed by atoms with E-state index in [0.717, 1.165) is 88.3 Å². The molecule has 8 nitrogen and oxygen atoms in total. The van der Waals surface area contributed by atoms with Gasteiger partial charge in [0.15, 0.2) is 17.8 Å². The number of hydrogen-bond acceptors (Lipinski definition) is 6. The second kappa shape index (κ2) is 10.2. The highest BCUT2D eigenvalue weighted by molar-refractivity contribution is 6.02. The molecular weight excluding hydrogens is 494 g/mol. The Morgan fingerprint density at radius 2 is 1.77 bits per heavy atom.